The van der Waals surface area contributed by atoms with Gasteiger partial charge in [-0.05, 0) is 64.2 Å². The van der Waals surface area contributed by atoms with Crippen molar-refractivity contribution in [2.45, 2.75) is 37.6 Å². The van der Waals surface area contributed by atoms with Crippen LogP contribution in [0.5, 0.6) is 0 Å². The van der Waals surface area contributed by atoms with Gasteiger partial charge in [0.05, 0.1) is 15.9 Å². The molecular formula is C20H20BrCl2N3O2S. The van der Waals surface area contributed by atoms with Crippen molar-refractivity contribution in [1.82, 2.24) is 9.78 Å². The van der Waals surface area contributed by atoms with Crippen molar-refractivity contribution < 1.29 is 8.42 Å². The summed E-state index contributed by atoms with van der Waals surface area (Å²) in [5.41, 5.74) is 1.94. The normalized spacial score (nSPS) is 11.6. The van der Waals surface area contributed by atoms with Crippen molar-refractivity contribution in [2.75, 3.05) is 4.72 Å². The number of nitrogens with one attached hydrogen (secondary N) is 1. The molecule has 0 amide bonds. The zero-order chi connectivity index (χ0) is 21.0. The number of aryl methyl sites for hydroxylation is 1. The van der Waals surface area contributed by atoms with Crippen LogP contribution < -0.4 is 4.72 Å². The highest BCUT2D eigenvalue weighted by atomic mass is 79.9. The lowest BCUT2D eigenvalue weighted by molar-refractivity contribution is 0.600. The standard InChI is InChI=1S/C20H20BrCl2N3O2S/c1-2-3-4-14-5-9-17(10-6-14)29(27,28)25-20-18(21)13-26(24-20)12-15-7-8-16(22)11-19(15)23/h5-11,13H,2-4,12H2,1H3,(H,24,25). The van der Waals surface area contributed by atoms with Crippen LogP contribution in [0.2, 0.25) is 10.0 Å². The van der Waals surface area contributed by atoms with Gasteiger partial charge < -0.3 is 0 Å². The Hall–Kier alpha value is -1.54. The van der Waals surface area contributed by atoms with Gasteiger partial charge in [-0.15, -0.1) is 0 Å². The first-order chi connectivity index (χ1) is 13.8. The van der Waals surface area contributed by atoms with Crippen LogP contribution in [0.15, 0.2) is 58.0 Å². The molecule has 0 bridgehead atoms. The van der Waals surface area contributed by atoms with Crippen LogP contribution in [0.3, 0.4) is 0 Å². The molecule has 154 valence electrons. The van der Waals surface area contributed by atoms with Gasteiger partial charge in [0, 0.05) is 16.2 Å². The van der Waals surface area contributed by atoms with Gasteiger partial charge in [-0.25, -0.2) is 8.42 Å². The Morgan fingerprint density at radius 2 is 1.86 bits per heavy atom. The number of hydrogen-bond donors (Lipinski definition) is 1. The lowest BCUT2D eigenvalue weighted by atomic mass is 10.1. The minimum Gasteiger partial charge on any atom is -0.265 e. The summed E-state index contributed by atoms with van der Waals surface area (Å²) in [5, 5.41) is 5.40. The zero-order valence-corrected chi connectivity index (χ0v) is 19.6. The van der Waals surface area contributed by atoms with Gasteiger partial charge in [0.15, 0.2) is 5.82 Å². The SMILES string of the molecule is CCCCc1ccc(S(=O)(=O)Nc2nn(Cc3ccc(Cl)cc3Cl)cc2Br)cc1. The number of rotatable bonds is 8. The molecule has 0 aliphatic rings. The van der Waals surface area contributed by atoms with Crippen molar-refractivity contribution in [3.8, 4) is 0 Å². The maximum atomic E-state index is 12.7. The van der Waals surface area contributed by atoms with E-state index in [-0.39, 0.29) is 10.7 Å². The largest absolute Gasteiger partial charge is 0.265 e. The van der Waals surface area contributed by atoms with Crippen LogP contribution >= 0.6 is 39.1 Å². The molecule has 1 heterocycles. The summed E-state index contributed by atoms with van der Waals surface area (Å²) in [4.78, 5) is 0.194. The highest BCUT2D eigenvalue weighted by Crippen LogP contribution is 2.26. The lowest BCUT2D eigenvalue weighted by Gasteiger charge is -2.08. The number of unbranched alkanes of at least 4 members (excludes halogenated alkanes) is 1. The predicted molar refractivity (Wildman–Crippen MR) is 121 cm³/mol. The Balaban J connectivity index is 1.75. The lowest BCUT2D eigenvalue weighted by Crippen LogP contribution is -2.14. The Labute approximate surface area is 189 Å². The van der Waals surface area contributed by atoms with Crippen LogP contribution in [0.1, 0.15) is 30.9 Å². The number of benzene rings is 2. The van der Waals surface area contributed by atoms with E-state index in [1.165, 1.54) is 0 Å². The predicted octanol–water partition coefficient (Wildman–Crippen LogP) is 6.14. The Bertz CT molecular complexity index is 1100. The molecule has 9 heteroatoms. The maximum absolute atomic E-state index is 12.7. The number of halogens is 3. The fourth-order valence-electron chi connectivity index (χ4n) is 2.77. The topological polar surface area (TPSA) is 64.0 Å². The number of sulfonamides is 1. The second kappa shape index (κ2) is 9.51. The molecular weight excluding hydrogens is 497 g/mol. The van der Waals surface area contributed by atoms with Crippen LogP contribution in [-0.2, 0) is 23.0 Å². The molecule has 0 saturated heterocycles. The molecule has 0 spiro atoms. The van der Waals surface area contributed by atoms with E-state index < -0.39 is 10.0 Å². The van der Waals surface area contributed by atoms with Crippen molar-refractivity contribution in [2.24, 2.45) is 0 Å². The molecule has 0 radical (unpaired) electrons. The molecule has 0 saturated carbocycles. The molecule has 0 aliphatic carbocycles. The molecule has 0 unspecified atom stereocenters. The molecule has 5 nitrogen and oxygen atoms in total. The van der Waals surface area contributed by atoms with Crippen molar-refractivity contribution in [3.05, 3.63) is 74.3 Å². The zero-order valence-electron chi connectivity index (χ0n) is 15.7. The summed E-state index contributed by atoms with van der Waals surface area (Å²) in [7, 11) is -3.75. The summed E-state index contributed by atoms with van der Waals surface area (Å²) in [6.45, 7) is 2.50. The third-order valence-electron chi connectivity index (χ3n) is 4.35. The van der Waals surface area contributed by atoms with E-state index >= 15 is 0 Å². The summed E-state index contributed by atoms with van der Waals surface area (Å²) in [6.07, 6.45) is 4.80. The first-order valence-corrected chi connectivity index (χ1v) is 12.1. The first-order valence-electron chi connectivity index (χ1n) is 9.07. The van der Waals surface area contributed by atoms with E-state index in [2.05, 4.69) is 32.7 Å². The van der Waals surface area contributed by atoms with Crippen molar-refractivity contribution in [1.29, 1.82) is 0 Å². The van der Waals surface area contributed by atoms with Crippen LogP contribution in [-0.4, -0.2) is 18.2 Å². The molecule has 1 aromatic heterocycles. The third-order valence-corrected chi connectivity index (χ3v) is 6.87. The highest BCUT2D eigenvalue weighted by molar-refractivity contribution is 9.10. The molecule has 3 rings (SSSR count). The van der Waals surface area contributed by atoms with E-state index in [0.29, 0.717) is 21.1 Å². The molecule has 0 atom stereocenters. The van der Waals surface area contributed by atoms with Gasteiger partial charge in [-0.2, -0.15) is 5.10 Å². The molecule has 29 heavy (non-hydrogen) atoms. The fraction of sp³-hybridized carbons (Fsp3) is 0.250. The average Bonchev–Trinajstić information content (AvgIpc) is 3.01. The first kappa shape index (κ1) is 22.2. The van der Waals surface area contributed by atoms with E-state index in [4.69, 9.17) is 23.2 Å². The van der Waals surface area contributed by atoms with E-state index in [1.54, 1.807) is 35.1 Å². The van der Waals surface area contributed by atoms with Gasteiger partial charge >= 0.3 is 0 Å². The summed E-state index contributed by atoms with van der Waals surface area (Å²) in [6, 6.07) is 12.1. The van der Waals surface area contributed by atoms with Crippen LogP contribution in [0, 0.1) is 0 Å². The second-order valence-corrected chi connectivity index (χ2v) is 9.99. The number of nitrogens with zero attached hydrogens (tertiary/aromatic N) is 2. The fourth-order valence-corrected chi connectivity index (χ4v) is 4.81. The number of hydrogen-bond acceptors (Lipinski definition) is 3. The summed E-state index contributed by atoms with van der Waals surface area (Å²) >= 11 is 15.5. The maximum Gasteiger partial charge on any atom is 0.263 e. The Morgan fingerprint density at radius 1 is 1.14 bits per heavy atom. The second-order valence-electron chi connectivity index (χ2n) is 6.61. The molecule has 0 aliphatic heterocycles. The van der Waals surface area contributed by atoms with Crippen molar-refractivity contribution >= 4 is 55.0 Å². The van der Waals surface area contributed by atoms with E-state index in [1.807, 2.05) is 18.2 Å². The quantitative estimate of drug-likeness (QED) is 0.390. The van der Waals surface area contributed by atoms with E-state index in [9.17, 15) is 8.42 Å². The molecule has 2 aromatic carbocycles. The molecule has 1 N–H and O–H groups in total. The Morgan fingerprint density at radius 3 is 2.52 bits per heavy atom. The summed E-state index contributed by atoms with van der Waals surface area (Å²) in [5.74, 6) is 0.213. The van der Waals surface area contributed by atoms with Crippen molar-refractivity contribution in [3.63, 3.8) is 0 Å². The van der Waals surface area contributed by atoms with Gasteiger partial charge in [0.25, 0.3) is 10.0 Å². The molecule has 0 fully saturated rings. The number of anilines is 1. The van der Waals surface area contributed by atoms with Gasteiger partial charge in [-0.3, -0.25) is 9.40 Å². The number of aromatic nitrogens is 2. The van der Waals surface area contributed by atoms with E-state index in [0.717, 1.165) is 30.4 Å². The van der Waals surface area contributed by atoms with Crippen LogP contribution in [0.25, 0.3) is 0 Å². The highest BCUT2D eigenvalue weighted by Gasteiger charge is 2.18. The van der Waals surface area contributed by atoms with Gasteiger partial charge in [-0.1, -0.05) is 54.7 Å². The Kier molecular flexibility index (Phi) is 7.27. The monoisotopic (exact) mass is 515 g/mol. The third kappa shape index (κ3) is 5.75. The molecule has 3 aromatic rings. The van der Waals surface area contributed by atoms with Crippen LogP contribution in [0.4, 0.5) is 5.82 Å². The van der Waals surface area contributed by atoms with Gasteiger partial charge in [0.2, 0.25) is 0 Å². The minimum absolute atomic E-state index is 0.194. The average molecular weight is 517 g/mol. The smallest absolute Gasteiger partial charge is 0.263 e. The summed E-state index contributed by atoms with van der Waals surface area (Å²) < 4.78 is 30.1. The minimum atomic E-state index is -3.75. The van der Waals surface area contributed by atoms with Gasteiger partial charge in [0.1, 0.15) is 0 Å².